The van der Waals surface area contributed by atoms with Gasteiger partial charge in [0.05, 0.1) is 5.69 Å². The van der Waals surface area contributed by atoms with E-state index >= 15 is 0 Å². The third-order valence-corrected chi connectivity index (χ3v) is 4.24. The molecule has 1 heterocycles. The molecule has 0 aliphatic carbocycles. The third kappa shape index (κ3) is 2.66. The molecule has 1 aromatic heterocycles. The van der Waals surface area contributed by atoms with Gasteiger partial charge in [-0.1, -0.05) is 20.8 Å². The van der Waals surface area contributed by atoms with Crippen LogP contribution in [0.5, 0.6) is 0 Å². The van der Waals surface area contributed by atoms with Crippen LogP contribution in [0.15, 0.2) is 26.2 Å². The number of anilines is 1. The van der Waals surface area contributed by atoms with Gasteiger partial charge in [0.2, 0.25) is 0 Å². The van der Waals surface area contributed by atoms with E-state index in [-0.39, 0.29) is 11.3 Å². The van der Waals surface area contributed by atoms with E-state index < -0.39 is 26.1 Å². The Labute approximate surface area is 122 Å². The van der Waals surface area contributed by atoms with Gasteiger partial charge in [-0.05, 0) is 24.0 Å². The normalized spacial score (nSPS) is 12.8. The van der Waals surface area contributed by atoms with Crippen LogP contribution in [-0.4, -0.2) is 13.0 Å². The lowest BCUT2D eigenvalue weighted by molar-refractivity contribution is 0.483. The number of hydrogen-bond acceptors (Lipinski definition) is 5. The van der Waals surface area contributed by atoms with Gasteiger partial charge in [0, 0.05) is 17.0 Å². The minimum absolute atomic E-state index is 0.170. The first-order valence-corrected chi connectivity index (χ1v) is 7.72. The molecule has 2 aromatic rings. The second kappa shape index (κ2) is 4.57. The van der Waals surface area contributed by atoms with E-state index in [0.29, 0.717) is 16.5 Å². The van der Waals surface area contributed by atoms with Crippen molar-refractivity contribution < 1.29 is 17.4 Å². The number of nitrogens with two attached hydrogens (primary N) is 1. The van der Waals surface area contributed by atoms with Crippen molar-refractivity contribution >= 4 is 26.8 Å². The molecule has 2 rings (SSSR count). The van der Waals surface area contributed by atoms with Crippen molar-refractivity contribution in [3.63, 3.8) is 0 Å². The van der Waals surface area contributed by atoms with Gasteiger partial charge >= 0.3 is 5.63 Å². The van der Waals surface area contributed by atoms with Crippen LogP contribution >= 0.6 is 0 Å². The summed E-state index contributed by atoms with van der Waals surface area (Å²) in [5, 5.41) is 0.432. The van der Waals surface area contributed by atoms with Crippen molar-refractivity contribution in [3.05, 3.63) is 33.7 Å². The fourth-order valence-corrected chi connectivity index (χ4v) is 3.11. The second-order valence-corrected chi connectivity index (χ2v) is 7.39. The van der Waals surface area contributed by atoms with Gasteiger partial charge in [-0.2, -0.15) is 8.42 Å². The van der Waals surface area contributed by atoms with E-state index in [1.54, 1.807) is 6.92 Å². The maximum Gasteiger partial charge on any atom is 0.340 e. The third-order valence-electron chi connectivity index (χ3n) is 3.33. The fourth-order valence-electron chi connectivity index (χ4n) is 2.48. The zero-order valence-corrected chi connectivity index (χ0v) is 13.0. The van der Waals surface area contributed by atoms with Gasteiger partial charge in [-0.25, -0.2) is 4.79 Å². The van der Waals surface area contributed by atoms with Crippen LogP contribution < -0.4 is 11.4 Å². The van der Waals surface area contributed by atoms with Crippen LogP contribution in [0.4, 0.5) is 5.69 Å². The summed E-state index contributed by atoms with van der Waals surface area (Å²) in [4.78, 5) is 11.7. The van der Waals surface area contributed by atoms with E-state index in [0.717, 1.165) is 0 Å². The molecule has 0 aliphatic rings. The Morgan fingerprint density at radius 2 is 1.81 bits per heavy atom. The minimum atomic E-state index is -4.44. The predicted molar refractivity (Wildman–Crippen MR) is 80.1 cm³/mol. The highest BCUT2D eigenvalue weighted by Crippen LogP contribution is 2.31. The van der Waals surface area contributed by atoms with Gasteiger partial charge in [-0.3, -0.25) is 4.55 Å². The highest BCUT2D eigenvalue weighted by molar-refractivity contribution is 7.86. The van der Waals surface area contributed by atoms with E-state index in [1.165, 1.54) is 12.1 Å². The smallest absolute Gasteiger partial charge is 0.340 e. The van der Waals surface area contributed by atoms with Crippen molar-refractivity contribution in [2.24, 2.45) is 0 Å². The van der Waals surface area contributed by atoms with Crippen LogP contribution in [0.1, 0.15) is 31.9 Å². The zero-order chi connectivity index (χ0) is 16.2. The molecule has 0 saturated carbocycles. The van der Waals surface area contributed by atoms with E-state index in [9.17, 15) is 17.8 Å². The van der Waals surface area contributed by atoms with Crippen molar-refractivity contribution in [2.45, 2.75) is 38.0 Å². The maximum absolute atomic E-state index is 12.1. The molecule has 7 heteroatoms. The molecule has 0 unspecified atom stereocenters. The number of rotatable bonds is 1. The molecule has 0 spiro atoms. The van der Waals surface area contributed by atoms with Crippen LogP contribution in [0.25, 0.3) is 11.0 Å². The number of fused-ring (bicyclic) bond motifs is 1. The molecule has 0 aliphatic heterocycles. The molecule has 6 nitrogen and oxygen atoms in total. The largest absolute Gasteiger partial charge is 0.422 e. The quantitative estimate of drug-likeness (QED) is 0.474. The number of nitrogen functional groups attached to an aromatic ring is 1. The Bertz CT molecular complexity index is 888. The molecule has 0 radical (unpaired) electrons. The molecule has 0 bridgehead atoms. The van der Waals surface area contributed by atoms with Gasteiger partial charge in [-0.15, -0.1) is 0 Å². The first-order valence-electron chi connectivity index (χ1n) is 6.28. The highest BCUT2D eigenvalue weighted by Gasteiger charge is 2.25. The Morgan fingerprint density at radius 3 is 2.29 bits per heavy atom. The minimum Gasteiger partial charge on any atom is -0.422 e. The van der Waals surface area contributed by atoms with Crippen LogP contribution in [0.2, 0.25) is 0 Å². The molecule has 114 valence electrons. The summed E-state index contributed by atoms with van der Waals surface area (Å²) in [5.41, 5.74) is 5.74. The number of benzene rings is 1. The van der Waals surface area contributed by atoms with Crippen molar-refractivity contribution in [2.75, 3.05) is 5.73 Å². The van der Waals surface area contributed by atoms with E-state index in [1.807, 2.05) is 20.8 Å². The highest BCUT2D eigenvalue weighted by atomic mass is 32.2. The summed E-state index contributed by atoms with van der Waals surface area (Å²) >= 11 is 0. The molecule has 0 atom stereocenters. The van der Waals surface area contributed by atoms with Crippen molar-refractivity contribution in [1.82, 2.24) is 0 Å². The van der Waals surface area contributed by atoms with Gasteiger partial charge in [0.1, 0.15) is 10.5 Å². The summed E-state index contributed by atoms with van der Waals surface area (Å²) < 4.78 is 37.1. The Kier molecular flexibility index (Phi) is 3.38. The summed E-state index contributed by atoms with van der Waals surface area (Å²) in [7, 11) is -4.44. The molecule has 3 N–H and O–H groups in total. The molecule has 0 fully saturated rings. The summed E-state index contributed by atoms with van der Waals surface area (Å²) in [5.74, 6) is 0. The zero-order valence-electron chi connectivity index (χ0n) is 12.2. The molecule has 21 heavy (non-hydrogen) atoms. The Balaban J connectivity index is 2.99. The molecule has 0 saturated heterocycles. The topological polar surface area (TPSA) is 111 Å². The monoisotopic (exact) mass is 311 g/mol. The average Bonchev–Trinajstić information content (AvgIpc) is 2.23. The second-order valence-electron chi connectivity index (χ2n) is 6.00. The average molecular weight is 311 g/mol. The fraction of sp³-hybridized carbons (Fsp3) is 0.357. The first-order chi connectivity index (χ1) is 9.43. The maximum atomic E-state index is 12.1. The molecule has 1 aromatic carbocycles. The van der Waals surface area contributed by atoms with Crippen LogP contribution in [0, 0.1) is 6.92 Å². The van der Waals surface area contributed by atoms with E-state index in [4.69, 9.17) is 10.2 Å². The number of aryl methyl sites for hydroxylation is 1. The standard InChI is InChI=1S/C14H17NO5S/c1-7-8-5-11(21(17,18)19)9(15)6-10(8)20-13(16)12(7)14(2,3)4/h5-6H,15H2,1-4H3,(H,17,18,19). The first kappa shape index (κ1) is 15.5. The lowest BCUT2D eigenvalue weighted by Crippen LogP contribution is -2.24. The number of hydrogen-bond donors (Lipinski definition) is 2. The Morgan fingerprint density at radius 1 is 1.24 bits per heavy atom. The molecular formula is C14H17NO5S. The van der Waals surface area contributed by atoms with Crippen molar-refractivity contribution in [3.8, 4) is 0 Å². The Hall–Kier alpha value is -1.86. The van der Waals surface area contributed by atoms with Gasteiger partial charge < -0.3 is 10.2 Å². The molecule has 0 amide bonds. The SMILES string of the molecule is Cc1c(C(C)(C)C)c(=O)oc2cc(N)c(S(=O)(=O)O)cc12. The summed E-state index contributed by atoms with van der Waals surface area (Å²) in [6.07, 6.45) is 0. The lowest BCUT2D eigenvalue weighted by atomic mass is 9.84. The lowest BCUT2D eigenvalue weighted by Gasteiger charge is -2.20. The van der Waals surface area contributed by atoms with Gasteiger partial charge in [0.15, 0.2) is 0 Å². The van der Waals surface area contributed by atoms with E-state index in [2.05, 4.69) is 0 Å². The van der Waals surface area contributed by atoms with Gasteiger partial charge in [0.25, 0.3) is 10.1 Å². The van der Waals surface area contributed by atoms with Crippen molar-refractivity contribution in [1.29, 1.82) is 0 Å². The predicted octanol–water partition coefficient (Wildman–Crippen LogP) is 2.23. The summed E-state index contributed by atoms with van der Waals surface area (Å²) in [6.45, 7) is 7.29. The van der Waals surface area contributed by atoms with Crippen LogP contribution in [0.3, 0.4) is 0 Å². The van der Waals surface area contributed by atoms with Crippen LogP contribution in [-0.2, 0) is 15.5 Å². The molecular weight excluding hydrogens is 294 g/mol. The summed E-state index contributed by atoms with van der Waals surface area (Å²) in [6, 6.07) is 2.47.